The van der Waals surface area contributed by atoms with Crippen molar-refractivity contribution in [3.8, 4) is 0 Å². The molecule has 2 rings (SSSR count). The van der Waals surface area contributed by atoms with Crippen molar-refractivity contribution in [2.24, 2.45) is 5.73 Å². The summed E-state index contributed by atoms with van der Waals surface area (Å²) < 4.78 is 5.32. The van der Waals surface area contributed by atoms with Crippen LogP contribution in [0.3, 0.4) is 0 Å². The minimum atomic E-state index is -0.473. The Morgan fingerprint density at radius 2 is 2.05 bits per heavy atom. The summed E-state index contributed by atoms with van der Waals surface area (Å²) in [5.41, 5.74) is 7.12. The van der Waals surface area contributed by atoms with Crippen molar-refractivity contribution in [2.45, 2.75) is 51.3 Å². The van der Waals surface area contributed by atoms with Crippen molar-refractivity contribution in [1.29, 1.82) is 0 Å². The monoisotopic (exact) mass is 298 g/mol. The summed E-state index contributed by atoms with van der Waals surface area (Å²) >= 11 is 0. The van der Waals surface area contributed by atoms with E-state index in [2.05, 4.69) is 11.4 Å². The van der Waals surface area contributed by atoms with E-state index in [1.54, 1.807) is 0 Å². The molecule has 0 radical (unpaired) electrons. The summed E-state index contributed by atoms with van der Waals surface area (Å²) in [7, 11) is 0. The Hall–Kier alpha value is -1.26. The van der Waals surface area contributed by atoms with Crippen LogP contribution in [0.25, 0.3) is 0 Å². The van der Waals surface area contributed by atoms with E-state index in [4.69, 9.17) is 10.5 Å². The van der Waals surface area contributed by atoms with Crippen LogP contribution in [0.15, 0.2) is 24.3 Å². The second-order valence-corrected chi connectivity index (χ2v) is 6.11. The quantitative estimate of drug-likeness (QED) is 0.901. The van der Waals surface area contributed by atoms with Crippen molar-refractivity contribution >= 4 is 18.5 Å². The highest BCUT2D eigenvalue weighted by Gasteiger charge is 2.46. The van der Waals surface area contributed by atoms with Crippen LogP contribution in [0.4, 0.5) is 4.79 Å². The zero-order valence-corrected chi connectivity index (χ0v) is 13.0. The molecule has 20 heavy (non-hydrogen) atoms. The van der Waals surface area contributed by atoms with Crippen molar-refractivity contribution in [3.63, 3.8) is 0 Å². The lowest BCUT2D eigenvalue weighted by Gasteiger charge is -2.24. The van der Waals surface area contributed by atoms with E-state index < -0.39 is 5.60 Å². The van der Waals surface area contributed by atoms with Gasteiger partial charge in [-0.25, -0.2) is 4.79 Å². The number of ether oxygens (including phenoxy) is 1. The summed E-state index contributed by atoms with van der Waals surface area (Å²) in [6.07, 6.45) is 1.53. The van der Waals surface area contributed by atoms with Crippen LogP contribution in [0.5, 0.6) is 0 Å². The first kappa shape index (κ1) is 16.8. The molecule has 0 saturated heterocycles. The number of amides is 1. The van der Waals surface area contributed by atoms with Crippen LogP contribution >= 0.6 is 12.4 Å². The Morgan fingerprint density at radius 1 is 1.40 bits per heavy atom. The fourth-order valence-electron chi connectivity index (χ4n) is 2.11. The maximum absolute atomic E-state index is 11.9. The molecule has 5 heteroatoms. The Kier molecular flexibility index (Phi) is 5.05. The molecular formula is C15H23ClN2O2. The lowest BCUT2D eigenvalue weighted by atomic mass is 10.0. The molecule has 112 valence electrons. The number of carbonyl (C=O) groups excluding carboxylic acids is 1. The number of halogens is 1. The number of rotatable bonds is 3. The highest BCUT2D eigenvalue weighted by Crippen LogP contribution is 2.45. The zero-order chi connectivity index (χ0) is 14.1. The SMILES string of the molecule is CC(C)(C)OC(=O)NC1(c2cccc(CN)c2)CC1.Cl. The highest BCUT2D eigenvalue weighted by atomic mass is 35.5. The number of nitrogens with one attached hydrogen (secondary N) is 1. The van der Waals surface area contributed by atoms with Gasteiger partial charge in [0.25, 0.3) is 0 Å². The number of hydrogen-bond donors (Lipinski definition) is 2. The molecule has 3 N–H and O–H groups in total. The molecule has 0 heterocycles. The number of hydrogen-bond acceptors (Lipinski definition) is 3. The van der Waals surface area contributed by atoms with Crippen molar-refractivity contribution < 1.29 is 9.53 Å². The van der Waals surface area contributed by atoms with Crippen molar-refractivity contribution in [1.82, 2.24) is 5.32 Å². The molecule has 1 fully saturated rings. The summed E-state index contributed by atoms with van der Waals surface area (Å²) in [4.78, 5) is 11.9. The Labute approximate surface area is 126 Å². The van der Waals surface area contributed by atoms with Gasteiger partial charge in [-0.15, -0.1) is 12.4 Å². The lowest BCUT2D eigenvalue weighted by molar-refractivity contribution is 0.0495. The van der Waals surface area contributed by atoms with Gasteiger partial charge in [0.05, 0.1) is 5.54 Å². The van der Waals surface area contributed by atoms with Gasteiger partial charge in [0, 0.05) is 6.54 Å². The minimum absolute atomic E-state index is 0. The lowest BCUT2D eigenvalue weighted by Crippen LogP contribution is -2.39. The largest absolute Gasteiger partial charge is 0.444 e. The van der Waals surface area contributed by atoms with Crippen molar-refractivity contribution in [3.05, 3.63) is 35.4 Å². The maximum Gasteiger partial charge on any atom is 0.408 e. The number of alkyl carbamates (subject to hydrolysis) is 1. The van der Waals surface area contributed by atoms with Gasteiger partial charge in [0.2, 0.25) is 0 Å². The molecule has 1 aromatic carbocycles. The molecule has 1 aliphatic rings. The molecule has 0 bridgehead atoms. The summed E-state index contributed by atoms with van der Waals surface area (Å²) in [6.45, 7) is 6.10. The van der Waals surface area contributed by atoms with Crippen LogP contribution in [-0.4, -0.2) is 11.7 Å². The Balaban J connectivity index is 0.00000200. The van der Waals surface area contributed by atoms with Crippen LogP contribution < -0.4 is 11.1 Å². The summed E-state index contributed by atoms with van der Waals surface area (Å²) in [5.74, 6) is 0. The molecule has 1 aromatic rings. The minimum Gasteiger partial charge on any atom is -0.444 e. The van der Waals surface area contributed by atoms with Gasteiger partial charge in [-0.2, -0.15) is 0 Å². The standard InChI is InChI=1S/C15H22N2O2.ClH/c1-14(2,3)19-13(18)17-15(7-8-15)12-6-4-5-11(9-12)10-16;/h4-6,9H,7-8,10,16H2,1-3H3,(H,17,18);1H. The van der Waals surface area contributed by atoms with Gasteiger partial charge in [0.1, 0.15) is 5.60 Å². The van der Waals surface area contributed by atoms with Gasteiger partial charge in [-0.1, -0.05) is 24.3 Å². The molecular weight excluding hydrogens is 276 g/mol. The van der Waals surface area contributed by atoms with Gasteiger partial charge in [-0.3, -0.25) is 0 Å². The average Bonchev–Trinajstić information content (AvgIpc) is 3.07. The molecule has 0 aliphatic heterocycles. The summed E-state index contributed by atoms with van der Waals surface area (Å²) in [5, 5.41) is 2.99. The molecule has 0 aromatic heterocycles. The second-order valence-electron chi connectivity index (χ2n) is 6.11. The number of nitrogens with two attached hydrogens (primary N) is 1. The first-order valence-electron chi connectivity index (χ1n) is 6.65. The van der Waals surface area contributed by atoms with Gasteiger partial charge >= 0.3 is 6.09 Å². The Bertz CT molecular complexity index is 479. The third kappa shape index (κ3) is 4.12. The topological polar surface area (TPSA) is 64.3 Å². The van der Waals surface area contributed by atoms with E-state index in [0.717, 1.165) is 24.0 Å². The van der Waals surface area contributed by atoms with Gasteiger partial charge in [-0.05, 0) is 44.7 Å². The fourth-order valence-corrected chi connectivity index (χ4v) is 2.11. The summed E-state index contributed by atoms with van der Waals surface area (Å²) in [6, 6.07) is 8.06. The maximum atomic E-state index is 11.9. The smallest absolute Gasteiger partial charge is 0.408 e. The first-order valence-corrected chi connectivity index (χ1v) is 6.65. The van der Waals surface area contributed by atoms with E-state index in [-0.39, 0.29) is 24.0 Å². The normalized spacial score (nSPS) is 16.0. The third-order valence-corrected chi connectivity index (χ3v) is 3.21. The second kappa shape index (κ2) is 6.02. The van der Waals surface area contributed by atoms with Crippen molar-refractivity contribution in [2.75, 3.05) is 0 Å². The molecule has 1 aliphatic carbocycles. The molecule has 4 nitrogen and oxygen atoms in total. The van der Waals surface area contributed by atoms with Gasteiger partial charge < -0.3 is 15.8 Å². The molecule has 0 atom stereocenters. The molecule has 0 unspecified atom stereocenters. The molecule has 0 spiro atoms. The van der Waals surface area contributed by atoms with Crippen LogP contribution in [0.2, 0.25) is 0 Å². The van der Waals surface area contributed by atoms with E-state index in [0.29, 0.717) is 6.54 Å². The van der Waals surface area contributed by atoms with E-state index in [1.807, 2.05) is 39.0 Å². The first-order chi connectivity index (χ1) is 8.85. The van der Waals surface area contributed by atoms with E-state index in [1.165, 1.54) is 0 Å². The number of benzene rings is 1. The fraction of sp³-hybridized carbons (Fsp3) is 0.533. The Morgan fingerprint density at radius 3 is 2.55 bits per heavy atom. The van der Waals surface area contributed by atoms with E-state index in [9.17, 15) is 4.79 Å². The average molecular weight is 299 g/mol. The van der Waals surface area contributed by atoms with Gasteiger partial charge in [0.15, 0.2) is 0 Å². The predicted molar refractivity (Wildman–Crippen MR) is 81.9 cm³/mol. The van der Waals surface area contributed by atoms with Crippen LogP contribution in [0.1, 0.15) is 44.7 Å². The number of carbonyl (C=O) groups is 1. The van der Waals surface area contributed by atoms with Crippen LogP contribution in [-0.2, 0) is 16.8 Å². The highest BCUT2D eigenvalue weighted by molar-refractivity contribution is 5.85. The van der Waals surface area contributed by atoms with Crippen LogP contribution in [0, 0.1) is 0 Å². The zero-order valence-electron chi connectivity index (χ0n) is 12.2. The predicted octanol–water partition coefficient (Wildman–Crippen LogP) is 3.08. The molecule has 1 amide bonds. The molecule has 1 saturated carbocycles. The van der Waals surface area contributed by atoms with E-state index >= 15 is 0 Å². The third-order valence-electron chi connectivity index (χ3n) is 3.21.